The van der Waals surface area contributed by atoms with E-state index in [1.807, 2.05) is 4.72 Å². The molecule has 0 bridgehead atoms. The van der Waals surface area contributed by atoms with Crippen LogP contribution in [0.5, 0.6) is 5.75 Å². The van der Waals surface area contributed by atoms with Gasteiger partial charge in [-0.25, -0.2) is 13.8 Å². The molecule has 1 fully saturated rings. The van der Waals surface area contributed by atoms with Gasteiger partial charge in [0.1, 0.15) is 11.4 Å². The summed E-state index contributed by atoms with van der Waals surface area (Å²) in [7, 11) is -4.51. The Morgan fingerprint density at radius 2 is 1.57 bits per heavy atom. The maximum absolute atomic E-state index is 14.9. The minimum absolute atomic E-state index is 0.0131. The minimum Gasteiger partial charge on any atom is -0.422 e. The summed E-state index contributed by atoms with van der Waals surface area (Å²) in [4.78, 5) is 46.0. The molecule has 2 aromatic carbocycles. The molecular formula is C39H46ClN7O6S. The smallest absolute Gasteiger partial charge is 0.323 e. The van der Waals surface area contributed by atoms with Gasteiger partial charge in [0.25, 0.3) is 11.5 Å². The van der Waals surface area contributed by atoms with Gasteiger partial charge in [-0.3, -0.25) is 19.1 Å². The molecule has 3 heterocycles. The zero-order chi connectivity index (χ0) is 39.3. The Balaban J connectivity index is 1.57. The van der Waals surface area contributed by atoms with E-state index in [4.69, 9.17) is 22.1 Å². The fourth-order valence-corrected chi connectivity index (χ4v) is 8.72. The van der Waals surface area contributed by atoms with Gasteiger partial charge in [0, 0.05) is 17.4 Å². The first kappa shape index (κ1) is 38.6. The molecule has 2 unspecified atom stereocenters. The molecule has 286 valence electrons. The van der Waals surface area contributed by atoms with Gasteiger partial charge < -0.3 is 15.5 Å². The van der Waals surface area contributed by atoms with E-state index in [9.17, 15) is 22.8 Å². The number of para-hydroxylation sites is 1. The molecule has 3 aromatic heterocycles. The molecule has 1 aliphatic carbocycles. The second kappa shape index (κ2) is 14.3. The molecule has 6 rings (SSSR count). The number of carbonyl (C=O) groups is 2. The molecule has 54 heavy (non-hydrogen) atoms. The molecule has 0 radical (unpaired) electrons. The first-order valence-electron chi connectivity index (χ1n) is 17.7. The number of H-pyrrole nitrogens is 1. The number of aromatic amines is 1. The third-order valence-electron chi connectivity index (χ3n) is 10.3. The number of halogens is 1. The van der Waals surface area contributed by atoms with Gasteiger partial charge in [0.05, 0.1) is 17.2 Å². The minimum atomic E-state index is -4.51. The van der Waals surface area contributed by atoms with E-state index < -0.39 is 44.9 Å². The Hall–Kier alpha value is -5.08. The lowest BCUT2D eigenvalue weighted by molar-refractivity contribution is -0.152. The molecule has 5 N–H and O–H groups in total. The Kier molecular flexibility index (Phi) is 10.2. The molecule has 13 nitrogen and oxygen atoms in total. The number of amides is 1. The molecule has 1 saturated carbocycles. The highest BCUT2D eigenvalue weighted by Gasteiger charge is 2.50. The van der Waals surface area contributed by atoms with Crippen molar-refractivity contribution in [2.75, 3.05) is 10.5 Å². The number of hydrogen-bond acceptors (Lipinski definition) is 8. The van der Waals surface area contributed by atoms with E-state index in [1.165, 1.54) is 23.0 Å². The van der Waals surface area contributed by atoms with E-state index in [1.54, 1.807) is 54.7 Å². The van der Waals surface area contributed by atoms with Crippen LogP contribution in [0.25, 0.3) is 22.6 Å². The largest absolute Gasteiger partial charge is 0.422 e. The Morgan fingerprint density at radius 3 is 2.13 bits per heavy atom. The van der Waals surface area contributed by atoms with Crippen molar-refractivity contribution in [3.05, 3.63) is 94.0 Å². The van der Waals surface area contributed by atoms with Crippen LogP contribution in [0.1, 0.15) is 71.7 Å². The first-order chi connectivity index (χ1) is 25.3. The first-order valence-corrected chi connectivity index (χ1v) is 19.6. The standard InChI is InChI=1S/C39H46ClN7O6S/c1-22-20-26(38(2,3)4)29(27(21-22)39(5,6)7)37(50)53-31-28(23-14-16-24(40)17-15-23)35(46-19-11-18-42-46)47-33(31)43-32(41)30(36(47)49)34(48)45-54(51,52)44-25-12-9-8-10-13-25/h8-19,22,26-27,29,43-44H,20-21,41H2,1-7H3,(H,45,48). The van der Waals surface area contributed by atoms with Gasteiger partial charge >= 0.3 is 16.2 Å². The SMILES string of the molecule is CC1CC(C(C)(C)C)C(C(=O)Oc2c(-c3ccc(Cl)cc3)c(-n3cccn3)n3c(=O)c(C(=O)NS(=O)(=O)Nc4ccccc4)c(N)[nH]c23)C(C(C)(C)C)C1. The van der Waals surface area contributed by atoms with Crippen molar-refractivity contribution in [3.8, 4) is 22.7 Å². The third-order valence-corrected chi connectivity index (χ3v) is 11.5. The van der Waals surface area contributed by atoms with Gasteiger partial charge in [-0.05, 0) is 77.3 Å². The number of anilines is 2. The van der Waals surface area contributed by atoms with Crippen molar-refractivity contribution in [1.82, 2.24) is 23.9 Å². The number of nitrogens with one attached hydrogen (secondary N) is 3. The fraction of sp³-hybridized carbons (Fsp3) is 0.385. The highest BCUT2D eigenvalue weighted by Crippen LogP contribution is 2.53. The molecule has 1 amide bonds. The van der Waals surface area contributed by atoms with Gasteiger partial charge in [-0.2, -0.15) is 13.5 Å². The zero-order valence-electron chi connectivity index (χ0n) is 31.3. The molecule has 15 heteroatoms. The van der Waals surface area contributed by atoms with Crippen LogP contribution in [0, 0.1) is 34.5 Å². The summed E-state index contributed by atoms with van der Waals surface area (Å²) < 4.78 is 39.2. The van der Waals surface area contributed by atoms with E-state index in [0.29, 0.717) is 16.5 Å². The second-order valence-corrected chi connectivity index (χ2v) is 18.1. The number of aromatic nitrogens is 4. The van der Waals surface area contributed by atoms with Crippen LogP contribution in [-0.4, -0.2) is 39.5 Å². The number of ether oxygens (including phenoxy) is 1. The fourth-order valence-electron chi connectivity index (χ4n) is 7.75. The predicted octanol–water partition coefficient (Wildman–Crippen LogP) is 7.08. The Bertz CT molecular complexity index is 2330. The van der Waals surface area contributed by atoms with Gasteiger partial charge in [0.2, 0.25) is 0 Å². The van der Waals surface area contributed by atoms with Crippen LogP contribution < -0.4 is 25.5 Å². The summed E-state index contributed by atoms with van der Waals surface area (Å²) >= 11 is 6.30. The lowest BCUT2D eigenvalue weighted by atomic mass is 9.55. The molecule has 0 aliphatic heterocycles. The molecule has 2 atom stereocenters. The van der Waals surface area contributed by atoms with Crippen LogP contribution in [0.4, 0.5) is 11.5 Å². The topological polar surface area (TPSA) is 183 Å². The van der Waals surface area contributed by atoms with Crippen LogP contribution in [0.15, 0.2) is 77.9 Å². The average Bonchev–Trinajstić information content (AvgIpc) is 3.71. The van der Waals surface area contributed by atoms with E-state index in [0.717, 1.165) is 17.2 Å². The quantitative estimate of drug-likeness (QED) is 0.121. The number of nitrogen functional groups attached to an aromatic ring is 1. The molecule has 0 saturated heterocycles. The van der Waals surface area contributed by atoms with Gasteiger partial charge in [-0.15, -0.1) is 0 Å². The number of fused-ring (bicyclic) bond motifs is 1. The number of esters is 1. The number of carbonyl (C=O) groups excluding carboxylic acids is 2. The summed E-state index contributed by atoms with van der Waals surface area (Å²) in [5.74, 6) is -2.27. The van der Waals surface area contributed by atoms with Crippen LogP contribution in [-0.2, 0) is 15.0 Å². The Labute approximate surface area is 319 Å². The lowest BCUT2D eigenvalue weighted by Gasteiger charge is -2.49. The van der Waals surface area contributed by atoms with Crippen LogP contribution in [0.3, 0.4) is 0 Å². The van der Waals surface area contributed by atoms with Gasteiger partial charge in [-0.1, -0.05) is 90.4 Å². The average molecular weight is 776 g/mol. The lowest BCUT2D eigenvalue weighted by Crippen LogP contribution is -2.48. The zero-order valence-corrected chi connectivity index (χ0v) is 32.9. The van der Waals surface area contributed by atoms with Crippen molar-refractivity contribution < 1.29 is 22.7 Å². The monoisotopic (exact) mass is 775 g/mol. The Morgan fingerprint density at radius 1 is 0.963 bits per heavy atom. The van der Waals surface area contributed by atoms with E-state index in [2.05, 4.69) is 63.3 Å². The second-order valence-electron chi connectivity index (χ2n) is 16.3. The molecule has 1 aliphatic rings. The maximum Gasteiger partial charge on any atom is 0.323 e. The van der Waals surface area contributed by atoms with Crippen LogP contribution >= 0.6 is 11.6 Å². The summed E-state index contributed by atoms with van der Waals surface area (Å²) in [6.07, 6.45) is 4.76. The number of hydrogen-bond donors (Lipinski definition) is 4. The summed E-state index contributed by atoms with van der Waals surface area (Å²) in [5, 5.41) is 4.85. The maximum atomic E-state index is 14.9. The highest BCUT2D eigenvalue weighted by atomic mass is 35.5. The van der Waals surface area contributed by atoms with Crippen molar-refractivity contribution in [2.24, 2.45) is 34.5 Å². The highest BCUT2D eigenvalue weighted by molar-refractivity contribution is 7.91. The summed E-state index contributed by atoms with van der Waals surface area (Å²) in [5.41, 5.74) is 5.20. The molecule has 5 aromatic rings. The summed E-state index contributed by atoms with van der Waals surface area (Å²) in [6.45, 7) is 15.0. The van der Waals surface area contributed by atoms with Crippen molar-refractivity contribution in [2.45, 2.75) is 61.3 Å². The number of rotatable bonds is 8. The van der Waals surface area contributed by atoms with Gasteiger partial charge in [0.15, 0.2) is 17.2 Å². The normalized spacial score (nSPS) is 19.4. The van der Waals surface area contributed by atoms with Crippen molar-refractivity contribution >= 4 is 50.8 Å². The van der Waals surface area contributed by atoms with Crippen molar-refractivity contribution in [3.63, 3.8) is 0 Å². The molecule has 0 spiro atoms. The number of benzene rings is 2. The van der Waals surface area contributed by atoms with E-state index in [-0.39, 0.29) is 51.1 Å². The van der Waals surface area contributed by atoms with Crippen LogP contribution in [0.2, 0.25) is 5.02 Å². The third kappa shape index (κ3) is 7.62. The number of nitrogens with two attached hydrogens (primary N) is 1. The predicted molar refractivity (Wildman–Crippen MR) is 210 cm³/mol. The molecular weight excluding hydrogens is 730 g/mol. The van der Waals surface area contributed by atoms with E-state index >= 15 is 0 Å². The van der Waals surface area contributed by atoms with Crippen molar-refractivity contribution in [1.29, 1.82) is 0 Å². The summed E-state index contributed by atoms with van der Waals surface area (Å²) in [6, 6.07) is 16.3. The number of nitrogens with zero attached hydrogens (tertiary/aromatic N) is 3.